The van der Waals surface area contributed by atoms with Gasteiger partial charge in [-0.05, 0) is 50.3 Å². The lowest BCUT2D eigenvalue weighted by atomic mass is 10.0. The second kappa shape index (κ2) is 9.58. The summed E-state index contributed by atoms with van der Waals surface area (Å²) in [6.45, 7) is 4.51. The summed E-state index contributed by atoms with van der Waals surface area (Å²) in [6.07, 6.45) is 11.1. The Morgan fingerprint density at radius 2 is 2.12 bits per heavy atom. The summed E-state index contributed by atoms with van der Waals surface area (Å²) in [5.74, 6) is 1.42. The molecule has 172 valence electrons. The van der Waals surface area contributed by atoms with Crippen LogP contribution in [0.3, 0.4) is 0 Å². The van der Waals surface area contributed by atoms with Crippen molar-refractivity contribution in [2.45, 2.75) is 51.7 Å². The van der Waals surface area contributed by atoms with Gasteiger partial charge in [0.05, 0.1) is 24.5 Å². The van der Waals surface area contributed by atoms with Gasteiger partial charge >= 0.3 is 0 Å². The number of aromatic nitrogens is 5. The number of aryl methyl sites for hydroxylation is 1. The van der Waals surface area contributed by atoms with Crippen molar-refractivity contribution in [3.05, 3.63) is 48.8 Å². The fraction of sp³-hybridized carbons (Fsp3) is 0.417. The average molecular weight is 448 g/mol. The van der Waals surface area contributed by atoms with Crippen LogP contribution in [0.15, 0.2) is 47.7 Å². The molecular weight excluding hydrogens is 418 g/mol. The predicted octanol–water partition coefficient (Wildman–Crippen LogP) is 3.85. The highest BCUT2D eigenvalue weighted by molar-refractivity contribution is 5.84. The average Bonchev–Trinajstić information content (AvgIpc) is 3.54. The molecule has 0 radical (unpaired) electrons. The maximum Gasteiger partial charge on any atom is 0.229 e. The Bertz CT molecular complexity index is 1190. The summed E-state index contributed by atoms with van der Waals surface area (Å²) in [7, 11) is 0. The van der Waals surface area contributed by atoms with Crippen molar-refractivity contribution in [3.8, 4) is 11.3 Å². The Balaban J connectivity index is 1.42. The van der Waals surface area contributed by atoms with Crippen LogP contribution in [-0.4, -0.2) is 48.8 Å². The van der Waals surface area contributed by atoms with Crippen molar-refractivity contribution in [2.75, 3.05) is 23.4 Å². The van der Waals surface area contributed by atoms with Gasteiger partial charge in [0.25, 0.3) is 0 Å². The van der Waals surface area contributed by atoms with E-state index >= 15 is 0 Å². The molecule has 1 aliphatic heterocycles. The van der Waals surface area contributed by atoms with Crippen LogP contribution < -0.4 is 10.2 Å². The number of aliphatic hydroxyl groups is 1. The van der Waals surface area contributed by atoms with Crippen molar-refractivity contribution in [1.82, 2.24) is 24.5 Å². The highest BCUT2D eigenvalue weighted by atomic mass is 16.3. The van der Waals surface area contributed by atoms with E-state index in [0.29, 0.717) is 12.5 Å². The van der Waals surface area contributed by atoms with Gasteiger partial charge in [0.15, 0.2) is 17.0 Å². The van der Waals surface area contributed by atoms with E-state index in [1.165, 1.54) is 6.42 Å². The van der Waals surface area contributed by atoms with Crippen LogP contribution >= 0.6 is 0 Å². The molecule has 0 unspecified atom stereocenters. The molecular formula is C24H29N7O2. The summed E-state index contributed by atoms with van der Waals surface area (Å²) >= 11 is 0. The molecule has 0 spiro atoms. The minimum atomic E-state index is 0.170. The summed E-state index contributed by atoms with van der Waals surface area (Å²) in [4.78, 5) is 21.2. The predicted molar refractivity (Wildman–Crippen MR) is 127 cm³/mol. The number of rotatable bonds is 8. The minimum absolute atomic E-state index is 0.170. The topological polar surface area (TPSA) is 105 Å². The third kappa shape index (κ3) is 4.41. The number of aliphatic hydroxyl groups excluding tert-OH is 1. The molecule has 0 saturated carbocycles. The Morgan fingerprint density at radius 3 is 2.88 bits per heavy atom. The van der Waals surface area contributed by atoms with E-state index in [1.807, 2.05) is 35.3 Å². The fourth-order valence-corrected chi connectivity index (χ4v) is 4.42. The van der Waals surface area contributed by atoms with E-state index in [-0.39, 0.29) is 12.6 Å². The molecule has 1 saturated heterocycles. The number of nitrogens with zero attached hydrogens (tertiary/aromatic N) is 6. The number of furan rings is 1. The lowest BCUT2D eigenvalue weighted by molar-refractivity contribution is 0.262. The number of fused-ring (bicyclic) bond motifs is 1. The fourth-order valence-electron chi connectivity index (χ4n) is 4.42. The summed E-state index contributed by atoms with van der Waals surface area (Å²) in [6, 6.07) is 6.19. The molecule has 1 atom stereocenters. The quantitative estimate of drug-likeness (QED) is 0.420. The lowest BCUT2D eigenvalue weighted by Gasteiger charge is -2.35. The number of anilines is 2. The van der Waals surface area contributed by atoms with Crippen LogP contribution in [0.25, 0.3) is 22.4 Å². The Hall–Kier alpha value is -3.46. The standard InChI is InChI=1S/C24H29N7O2/c1-2-30-16-27-21-22(26-14-17-6-7-20(25-13-17)18-9-12-33-15-18)28-24(29-23(21)30)31-10-4-3-5-19(31)8-11-32/h6-7,9,12-13,15-16,19,32H,2-5,8,10-11,14H2,1H3,(H,26,28,29)/t19-/m0/s1. The first-order chi connectivity index (χ1) is 16.3. The molecule has 9 heteroatoms. The van der Waals surface area contributed by atoms with Crippen molar-refractivity contribution in [3.63, 3.8) is 0 Å². The first kappa shape index (κ1) is 21.4. The van der Waals surface area contributed by atoms with Crippen molar-refractivity contribution in [2.24, 2.45) is 0 Å². The number of nitrogens with one attached hydrogen (secondary N) is 1. The van der Waals surface area contributed by atoms with Gasteiger partial charge < -0.3 is 24.3 Å². The number of pyridine rings is 1. The Kier molecular flexibility index (Phi) is 6.21. The zero-order chi connectivity index (χ0) is 22.6. The molecule has 5 heterocycles. The van der Waals surface area contributed by atoms with E-state index < -0.39 is 0 Å². The molecule has 1 fully saturated rings. The Morgan fingerprint density at radius 1 is 1.18 bits per heavy atom. The Labute approximate surface area is 192 Å². The molecule has 4 aromatic rings. The number of piperidine rings is 1. The zero-order valence-electron chi connectivity index (χ0n) is 18.8. The summed E-state index contributed by atoms with van der Waals surface area (Å²) < 4.78 is 7.19. The van der Waals surface area contributed by atoms with E-state index in [0.717, 1.165) is 66.2 Å². The smallest absolute Gasteiger partial charge is 0.229 e. The van der Waals surface area contributed by atoms with E-state index in [1.54, 1.807) is 12.5 Å². The highest BCUT2D eigenvalue weighted by Crippen LogP contribution is 2.28. The summed E-state index contributed by atoms with van der Waals surface area (Å²) in [5, 5.41) is 13.0. The third-order valence-electron chi connectivity index (χ3n) is 6.24. The summed E-state index contributed by atoms with van der Waals surface area (Å²) in [5.41, 5.74) is 4.47. The minimum Gasteiger partial charge on any atom is -0.472 e. The number of imidazole rings is 1. The van der Waals surface area contributed by atoms with Crippen molar-refractivity contribution < 1.29 is 9.52 Å². The molecule has 0 amide bonds. The number of hydrogen-bond donors (Lipinski definition) is 2. The first-order valence-electron chi connectivity index (χ1n) is 11.6. The third-order valence-corrected chi connectivity index (χ3v) is 6.24. The van der Waals surface area contributed by atoms with Gasteiger partial charge in [0.1, 0.15) is 0 Å². The molecule has 0 aliphatic carbocycles. The van der Waals surface area contributed by atoms with Crippen LogP contribution in [0.1, 0.15) is 38.2 Å². The molecule has 0 bridgehead atoms. The van der Waals surface area contributed by atoms with E-state index in [2.05, 4.69) is 27.1 Å². The van der Waals surface area contributed by atoms with Gasteiger partial charge in [0.2, 0.25) is 5.95 Å². The molecule has 1 aliphatic rings. The van der Waals surface area contributed by atoms with Crippen LogP contribution in [0.4, 0.5) is 11.8 Å². The van der Waals surface area contributed by atoms with Crippen molar-refractivity contribution >= 4 is 22.9 Å². The normalized spacial score (nSPS) is 16.4. The van der Waals surface area contributed by atoms with Gasteiger partial charge in [-0.25, -0.2) is 4.98 Å². The second-order valence-corrected chi connectivity index (χ2v) is 8.35. The van der Waals surface area contributed by atoms with Crippen LogP contribution in [0, 0.1) is 0 Å². The van der Waals surface area contributed by atoms with Crippen molar-refractivity contribution in [1.29, 1.82) is 0 Å². The zero-order valence-corrected chi connectivity index (χ0v) is 18.8. The second-order valence-electron chi connectivity index (χ2n) is 8.35. The SMILES string of the molecule is CCn1cnc2c(NCc3ccc(-c4ccoc4)nc3)nc(N3CCCC[C@H]3CCO)nc21. The largest absolute Gasteiger partial charge is 0.472 e. The van der Waals surface area contributed by atoms with Gasteiger partial charge in [0, 0.05) is 44.0 Å². The lowest BCUT2D eigenvalue weighted by Crippen LogP contribution is -2.41. The molecule has 2 N–H and O–H groups in total. The highest BCUT2D eigenvalue weighted by Gasteiger charge is 2.26. The number of hydrogen-bond acceptors (Lipinski definition) is 8. The van der Waals surface area contributed by atoms with Crippen LogP contribution in [-0.2, 0) is 13.1 Å². The first-order valence-corrected chi connectivity index (χ1v) is 11.6. The van der Waals surface area contributed by atoms with Crippen LogP contribution in [0.5, 0.6) is 0 Å². The van der Waals surface area contributed by atoms with E-state index in [9.17, 15) is 5.11 Å². The maximum absolute atomic E-state index is 9.54. The van der Waals surface area contributed by atoms with E-state index in [4.69, 9.17) is 14.4 Å². The molecule has 5 rings (SSSR count). The van der Waals surface area contributed by atoms with Gasteiger partial charge in [-0.1, -0.05) is 6.07 Å². The van der Waals surface area contributed by atoms with Gasteiger partial charge in [-0.15, -0.1) is 0 Å². The molecule has 9 nitrogen and oxygen atoms in total. The molecule has 0 aromatic carbocycles. The molecule has 33 heavy (non-hydrogen) atoms. The maximum atomic E-state index is 9.54. The molecule has 4 aromatic heterocycles. The monoisotopic (exact) mass is 447 g/mol. The van der Waals surface area contributed by atoms with Gasteiger partial charge in [-0.3, -0.25) is 4.98 Å². The van der Waals surface area contributed by atoms with Gasteiger partial charge in [-0.2, -0.15) is 9.97 Å². The van der Waals surface area contributed by atoms with Crippen LogP contribution in [0.2, 0.25) is 0 Å².